The molecule has 0 saturated carbocycles. The molecule has 1 aromatic heterocycles. The number of hydrogen-bond donors (Lipinski definition) is 1. The Morgan fingerprint density at radius 1 is 1.38 bits per heavy atom. The van der Waals surface area contributed by atoms with Crippen molar-refractivity contribution >= 4 is 33.6 Å². The van der Waals surface area contributed by atoms with Gasteiger partial charge in [-0.15, -0.1) is 0 Å². The minimum Gasteiger partial charge on any atom is -0.319 e. The summed E-state index contributed by atoms with van der Waals surface area (Å²) in [7, 11) is 1.73. The van der Waals surface area contributed by atoms with Crippen LogP contribution in [0.15, 0.2) is 35.1 Å². The molecule has 0 spiro atoms. The Morgan fingerprint density at radius 2 is 2.12 bits per heavy atom. The second kappa shape index (κ2) is 6.52. The van der Waals surface area contributed by atoms with E-state index in [1.54, 1.807) is 37.1 Å². The number of halogens is 1. The normalized spacial score (nSPS) is 19.7. The first-order chi connectivity index (χ1) is 12.3. The monoisotopic (exact) mass is 421 g/mol. The van der Waals surface area contributed by atoms with Gasteiger partial charge in [0.2, 0.25) is 0 Å². The molecule has 1 fully saturated rings. The molecule has 2 aromatic rings. The number of nitrogens with zero attached hydrogens (tertiary/aromatic N) is 4. The molecule has 9 nitrogen and oxygen atoms in total. The van der Waals surface area contributed by atoms with Crippen LogP contribution in [0.2, 0.25) is 0 Å². The molecule has 1 atom stereocenters. The molecular formula is C16H16BrN5O4. The average Bonchev–Trinajstić information content (AvgIpc) is 3.13. The Labute approximate surface area is 157 Å². The van der Waals surface area contributed by atoms with Gasteiger partial charge in [0.05, 0.1) is 22.1 Å². The zero-order chi connectivity index (χ0) is 19.1. The number of imide groups is 1. The van der Waals surface area contributed by atoms with E-state index in [0.717, 1.165) is 4.90 Å². The molecule has 3 rings (SSSR count). The van der Waals surface area contributed by atoms with Crippen LogP contribution < -0.4 is 5.32 Å². The van der Waals surface area contributed by atoms with Crippen LogP contribution in [0.4, 0.5) is 10.5 Å². The van der Waals surface area contributed by atoms with E-state index in [2.05, 4.69) is 26.3 Å². The maximum Gasteiger partial charge on any atom is 0.325 e. The summed E-state index contributed by atoms with van der Waals surface area (Å²) in [6.45, 7) is 1.75. The average molecular weight is 422 g/mol. The summed E-state index contributed by atoms with van der Waals surface area (Å²) < 4.78 is 1.90. The number of aromatic nitrogens is 2. The minimum absolute atomic E-state index is 0.0548. The van der Waals surface area contributed by atoms with E-state index in [0.29, 0.717) is 22.0 Å². The maximum absolute atomic E-state index is 13.0. The quantitative estimate of drug-likeness (QED) is 0.452. The van der Waals surface area contributed by atoms with Crippen molar-refractivity contribution < 1.29 is 14.5 Å². The molecule has 1 aromatic carbocycles. The second-order valence-electron chi connectivity index (χ2n) is 6.03. The zero-order valence-electron chi connectivity index (χ0n) is 14.1. The number of nitro benzene ring substituents is 1. The number of nitro groups is 1. The van der Waals surface area contributed by atoms with E-state index in [1.165, 1.54) is 12.1 Å². The van der Waals surface area contributed by atoms with Gasteiger partial charge in [0.25, 0.3) is 11.6 Å². The van der Waals surface area contributed by atoms with Crippen LogP contribution in [-0.2, 0) is 23.9 Å². The first kappa shape index (κ1) is 18.1. The predicted molar refractivity (Wildman–Crippen MR) is 95.1 cm³/mol. The van der Waals surface area contributed by atoms with Crippen molar-refractivity contribution in [2.75, 3.05) is 0 Å². The molecule has 1 N–H and O–H groups in total. The Balaban J connectivity index is 1.92. The van der Waals surface area contributed by atoms with Crippen LogP contribution in [-0.4, -0.2) is 31.5 Å². The highest BCUT2D eigenvalue weighted by Crippen LogP contribution is 2.33. The van der Waals surface area contributed by atoms with E-state index in [-0.39, 0.29) is 12.2 Å². The fourth-order valence-corrected chi connectivity index (χ4v) is 3.42. The number of aryl methyl sites for hydroxylation is 1. The summed E-state index contributed by atoms with van der Waals surface area (Å²) >= 11 is 3.12. The molecule has 3 amide bonds. The molecule has 0 unspecified atom stereocenters. The van der Waals surface area contributed by atoms with Crippen molar-refractivity contribution in [1.29, 1.82) is 0 Å². The third-order valence-electron chi connectivity index (χ3n) is 4.45. The van der Waals surface area contributed by atoms with E-state index < -0.39 is 22.4 Å². The molecule has 2 heterocycles. The second-order valence-corrected chi connectivity index (χ2v) is 6.88. The molecule has 26 heavy (non-hydrogen) atoms. The first-order valence-corrected chi connectivity index (χ1v) is 8.64. The van der Waals surface area contributed by atoms with Gasteiger partial charge in [-0.1, -0.05) is 13.0 Å². The number of hydrogen-bond acceptors (Lipinski definition) is 5. The van der Waals surface area contributed by atoms with E-state index in [9.17, 15) is 19.7 Å². The standard InChI is InChI=1S/C16H16BrN5O4/c1-3-16(11-7-18-20(2)9-11)14(23)21(15(24)19-16)8-10-4-5-12(17)13(6-10)22(25)26/h4-7,9H,3,8H2,1-2H3,(H,19,24)/t16-/m1/s1. The lowest BCUT2D eigenvalue weighted by Gasteiger charge is -2.23. The highest BCUT2D eigenvalue weighted by Gasteiger charge is 2.51. The number of nitrogens with one attached hydrogen (secondary N) is 1. The van der Waals surface area contributed by atoms with Crippen molar-refractivity contribution in [1.82, 2.24) is 20.0 Å². The first-order valence-electron chi connectivity index (χ1n) is 7.84. The van der Waals surface area contributed by atoms with Crippen LogP contribution in [0.25, 0.3) is 0 Å². The topological polar surface area (TPSA) is 110 Å². The van der Waals surface area contributed by atoms with Crippen LogP contribution in [0.5, 0.6) is 0 Å². The molecule has 136 valence electrons. The number of urea groups is 1. The summed E-state index contributed by atoms with van der Waals surface area (Å²) in [5.74, 6) is -0.399. The Hall–Kier alpha value is -2.75. The van der Waals surface area contributed by atoms with Gasteiger partial charge in [-0.2, -0.15) is 5.10 Å². The van der Waals surface area contributed by atoms with Crippen LogP contribution >= 0.6 is 15.9 Å². The van der Waals surface area contributed by atoms with Gasteiger partial charge in [0, 0.05) is 24.9 Å². The van der Waals surface area contributed by atoms with Crippen molar-refractivity contribution in [3.8, 4) is 0 Å². The number of carbonyl (C=O) groups is 2. The predicted octanol–water partition coefficient (Wildman–Crippen LogP) is 2.45. The molecule has 0 radical (unpaired) electrons. The lowest BCUT2D eigenvalue weighted by Crippen LogP contribution is -2.43. The SMILES string of the molecule is CC[C@]1(c2cnn(C)c2)NC(=O)N(Cc2ccc(Br)c([N+](=O)[O-])c2)C1=O. The van der Waals surface area contributed by atoms with Gasteiger partial charge in [0.15, 0.2) is 0 Å². The van der Waals surface area contributed by atoms with Gasteiger partial charge >= 0.3 is 6.03 Å². The molecule has 10 heteroatoms. The minimum atomic E-state index is -1.17. The Bertz CT molecular complexity index is 912. The highest BCUT2D eigenvalue weighted by molar-refractivity contribution is 9.10. The molecule has 0 aliphatic carbocycles. The number of amides is 3. The van der Waals surface area contributed by atoms with E-state index in [4.69, 9.17) is 0 Å². The van der Waals surface area contributed by atoms with E-state index in [1.807, 2.05) is 0 Å². The molecule has 1 aliphatic heterocycles. The third kappa shape index (κ3) is 2.85. The lowest BCUT2D eigenvalue weighted by atomic mass is 9.89. The van der Waals surface area contributed by atoms with Crippen molar-refractivity contribution in [2.45, 2.75) is 25.4 Å². The number of benzene rings is 1. The van der Waals surface area contributed by atoms with Gasteiger partial charge in [-0.05, 0) is 34.0 Å². The molecule has 1 saturated heterocycles. The maximum atomic E-state index is 13.0. The fourth-order valence-electron chi connectivity index (χ4n) is 3.03. The van der Waals surface area contributed by atoms with Gasteiger partial charge in [0.1, 0.15) is 5.54 Å². The largest absolute Gasteiger partial charge is 0.325 e. The van der Waals surface area contributed by atoms with Crippen LogP contribution in [0.1, 0.15) is 24.5 Å². The lowest BCUT2D eigenvalue weighted by molar-refractivity contribution is -0.385. The van der Waals surface area contributed by atoms with Gasteiger partial charge in [-0.25, -0.2) is 4.79 Å². The molecule has 1 aliphatic rings. The third-order valence-corrected chi connectivity index (χ3v) is 5.12. The van der Waals surface area contributed by atoms with Crippen molar-refractivity contribution in [3.05, 3.63) is 56.3 Å². The van der Waals surface area contributed by atoms with Crippen LogP contribution in [0.3, 0.4) is 0 Å². The summed E-state index contributed by atoms with van der Waals surface area (Å²) in [4.78, 5) is 37.1. The van der Waals surface area contributed by atoms with E-state index >= 15 is 0 Å². The van der Waals surface area contributed by atoms with Crippen molar-refractivity contribution in [2.24, 2.45) is 7.05 Å². The van der Waals surface area contributed by atoms with Crippen LogP contribution in [0, 0.1) is 10.1 Å². The summed E-state index contributed by atoms with van der Waals surface area (Å²) in [5, 5.41) is 17.9. The zero-order valence-corrected chi connectivity index (χ0v) is 15.7. The smallest absolute Gasteiger partial charge is 0.319 e. The molecule has 0 bridgehead atoms. The van der Waals surface area contributed by atoms with Gasteiger partial charge < -0.3 is 5.32 Å². The number of carbonyl (C=O) groups excluding carboxylic acids is 2. The summed E-state index contributed by atoms with van der Waals surface area (Å²) in [5.41, 5.74) is -0.206. The summed E-state index contributed by atoms with van der Waals surface area (Å²) in [6, 6.07) is 3.97. The Kier molecular flexibility index (Phi) is 4.53. The van der Waals surface area contributed by atoms with Crippen molar-refractivity contribution in [3.63, 3.8) is 0 Å². The highest BCUT2D eigenvalue weighted by atomic mass is 79.9. The fraction of sp³-hybridized carbons (Fsp3) is 0.312. The Morgan fingerprint density at radius 3 is 2.69 bits per heavy atom. The summed E-state index contributed by atoms with van der Waals surface area (Å²) in [6.07, 6.45) is 3.60. The molecular weight excluding hydrogens is 406 g/mol. The number of rotatable bonds is 5. The van der Waals surface area contributed by atoms with Gasteiger partial charge in [-0.3, -0.25) is 24.5 Å².